The van der Waals surface area contributed by atoms with Crippen molar-refractivity contribution in [2.45, 2.75) is 58.2 Å². The number of ether oxygens (including phenoxy) is 3. The molecule has 0 unspecified atom stereocenters. The van der Waals surface area contributed by atoms with Crippen LogP contribution in [0.2, 0.25) is 0 Å². The Kier molecular flexibility index (Phi) is 13.1. The van der Waals surface area contributed by atoms with Gasteiger partial charge in [-0.05, 0) is 17.9 Å². The van der Waals surface area contributed by atoms with Crippen LogP contribution in [0.4, 0.5) is 17.6 Å². The lowest BCUT2D eigenvalue weighted by molar-refractivity contribution is -0.163. The van der Waals surface area contributed by atoms with Crippen LogP contribution in [-0.4, -0.2) is 62.3 Å². The number of esters is 1. The van der Waals surface area contributed by atoms with Gasteiger partial charge in [-0.15, -0.1) is 0 Å². The van der Waals surface area contributed by atoms with Crippen LogP contribution < -0.4 is 16.4 Å². The highest BCUT2D eigenvalue weighted by atomic mass is 19.3. The van der Waals surface area contributed by atoms with Crippen LogP contribution >= 0.6 is 0 Å². The summed E-state index contributed by atoms with van der Waals surface area (Å²) in [5.41, 5.74) is 6.33. The molecular weight excluding hydrogens is 466 g/mol. The average molecular weight is 495 g/mol. The Bertz CT molecular complexity index is 770. The van der Waals surface area contributed by atoms with Crippen molar-refractivity contribution in [1.29, 1.82) is 0 Å². The maximum atomic E-state index is 12.6. The van der Waals surface area contributed by atoms with Gasteiger partial charge in [0.15, 0.2) is 6.04 Å². The summed E-state index contributed by atoms with van der Waals surface area (Å²) in [6, 6.07) is 3.92. The molecule has 0 bridgehead atoms. The lowest BCUT2D eigenvalue weighted by atomic mass is 10.0. The molecule has 0 radical (unpaired) electrons. The number of halogens is 4. The third-order valence-electron chi connectivity index (χ3n) is 4.30. The molecule has 0 fully saturated rings. The first-order valence-electron chi connectivity index (χ1n) is 10.4. The normalized spacial score (nSPS) is 14.1. The number of hydrogen-bond acceptors (Lipinski definition) is 7. The zero-order valence-corrected chi connectivity index (χ0v) is 18.7. The van der Waals surface area contributed by atoms with Gasteiger partial charge in [0.25, 0.3) is 0 Å². The summed E-state index contributed by atoms with van der Waals surface area (Å²) in [6.07, 6.45) is 0.243. The van der Waals surface area contributed by atoms with Crippen LogP contribution in [0.3, 0.4) is 0 Å². The maximum absolute atomic E-state index is 12.6. The van der Waals surface area contributed by atoms with Gasteiger partial charge < -0.3 is 30.6 Å². The van der Waals surface area contributed by atoms with Crippen molar-refractivity contribution in [3.05, 3.63) is 35.9 Å². The molecular formula is C21H29F4N3O6. The summed E-state index contributed by atoms with van der Waals surface area (Å²) in [6.45, 7) is -5.08. The van der Waals surface area contributed by atoms with E-state index in [1.807, 2.05) is 0 Å². The molecule has 0 aliphatic heterocycles. The molecule has 0 saturated carbocycles. The number of nitrogens with one attached hydrogen (secondary N) is 2. The van der Waals surface area contributed by atoms with Crippen molar-refractivity contribution in [1.82, 2.24) is 10.6 Å². The summed E-state index contributed by atoms with van der Waals surface area (Å²) < 4.78 is 63.3. The third-order valence-corrected chi connectivity index (χ3v) is 4.30. The van der Waals surface area contributed by atoms with Gasteiger partial charge in [-0.3, -0.25) is 9.59 Å². The number of rotatable bonds is 15. The number of carbonyl (C=O) groups excluding carboxylic acids is 3. The number of nitrogens with two attached hydrogens (primary N) is 1. The van der Waals surface area contributed by atoms with Crippen molar-refractivity contribution in [2.75, 3.05) is 13.2 Å². The predicted octanol–water partition coefficient (Wildman–Crippen LogP) is 1.55. The summed E-state index contributed by atoms with van der Waals surface area (Å²) in [7, 11) is 0. The van der Waals surface area contributed by atoms with E-state index in [9.17, 15) is 31.9 Å². The standard InChI is InChI=1S/C21H29F4N3O6/c1-12(2)8-14(26)17(29)27-15(10-33-20(22)23)18(30)28-16(11-34-21(24)25)19(31)32-9-13-6-4-3-5-7-13/h3-7,12,14-16,20-21H,8-11,26H2,1-2H3,(H,27,29)(H,28,30)/t14-,15-,16-/m0/s1. The lowest BCUT2D eigenvalue weighted by Crippen LogP contribution is -2.57. The monoisotopic (exact) mass is 495 g/mol. The van der Waals surface area contributed by atoms with Crippen LogP contribution in [0.15, 0.2) is 30.3 Å². The second-order valence-corrected chi connectivity index (χ2v) is 7.64. The van der Waals surface area contributed by atoms with Gasteiger partial charge in [-0.2, -0.15) is 17.6 Å². The van der Waals surface area contributed by atoms with Crippen LogP contribution in [-0.2, 0) is 35.2 Å². The van der Waals surface area contributed by atoms with E-state index >= 15 is 0 Å². The Labute approximate surface area is 194 Å². The molecule has 13 heteroatoms. The topological polar surface area (TPSA) is 129 Å². The fourth-order valence-electron chi connectivity index (χ4n) is 2.68. The zero-order chi connectivity index (χ0) is 25.7. The van der Waals surface area contributed by atoms with E-state index in [1.54, 1.807) is 44.2 Å². The molecule has 4 N–H and O–H groups in total. The Morgan fingerprint density at radius 2 is 1.41 bits per heavy atom. The fourth-order valence-corrected chi connectivity index (χ4v) is 2.68. The number of carbonyl (C=O) groups is 3. The summed E-state index contributed by atoms with van der Waals surface area (Å²) in [5.74, 6) is -3.07. The van der Waals surface area contributed by atoms with Crippen LogP contribution in [0.25, 0.3) is 0 Å². The summed E-state index contributed by atoms with van der Waals surface area (Å²) in [5, 5.41) is 4.23. The largest absolute Gasteiger partial charge is 0.459 e. The molecule has 0 aliphatic rings. The molecule has 0 saturated heterocycles. The minimum absolute atomic E-state index is 0.0283. The van der Waals surface area contributed by atoms with Gasteiger partial charge in [0.05, 0.1) is 19.3 Å². The molecule has 1 aromatic rings. The van der Waals surface area contributed by atoms with Gasteiger partial charge in [-0.1, -0.05) is 44.2 Å². The van der Waals surface area contributed by atoms with Crippen LogP contribution in [0.5, 0.6) is 0 Å². The molecule has 9 nitrogen and oxygen atoms in total. The molecule has 3 atom stereocenters. The van der Waals surface area contributed by atoms with Gasteiger partial charge >= 0.3 is 19.2 Å². The fraction of sp³-hybridized carbons (Fsp3) is 0.571. The Morgan fingerprint density at radius 1 is 0.882 bits per heavy atom. The number of benzene rings is 1. The van der Waals surface area contributed by atoms with E-state index in [2.05, 4.69) is 20.1 Å². The first-order chi connectivity index (χ1) is 16.0. The van der Waals surface area contributed by atoms with Crippen molar-refractivity contribution in [2.24, 2.45) is 11.7 Å². The van der Waals surface area contributed by atoms with Crippen molar-refractivity contribution >= 4 is 17.8 Å². The molecule has 1 rings (SSSR count). The Hall–Kier alpha value is -2.77. The van der Waals surface area contributed by atoms with Gasteiger partial charge in [0.1, 0.15) is 12.6 Å². The van der Waals surface area contributed by atoms with Crippen LogP contribution in [0, 0.1) is 5.92 Å². The summed E-state index contributed by atoms with van der Waals surface area (Å²) >= 11 is 0. The highest BCUT2D eigenvalue weighted by Gasteiger charge is 2.30. The highest BCUT2D eigenvalue weighted by molar-refractivity contribution is 5.92. The van der Waals surface area contributed by atoms with Gasteiger partial charge in [-0.25, -0.2) is 4.79 Å². The van der Waals surface area contributed by atoms with E-state index in [0.29, 0.717) is 5.56 Å². The number of hydrogen-bond donors (Lipinski definition) is 3. The second-order valence-electron chi connectivity index (χ2n) is 7.64. The predicted molar refractivity (Wildman–Crippen MR) is 111 cm³/mol. The van der Waals surface area contributed by atoms with Crippen LogP contribution in [0.1, 0.15) is 25.8 Å². The Balaban J connectivity index is 2.89. The van der Waals surface area contributed by atoms with E-state index in [-0.39, 0.29) is 18.9 Å². The average Bonchev–Trinajstić information content (AvgIpc) is 2.77. The van der Waals surface area contributed by atoms with E-state index < -0.39 is 62.3 Å². The maximum Gasteiger partial charge on any atom is 0.345 e. The minimum Gasteiger partial charge on any atom is -0.459 e. The lowest BCUT2D eigenvalue weighted by Gasteiger charge is -2.24. The molecule has 0 aliphatic carbocycles. The van der Waals surface area contributed by atoms with Crippen molar-refractivity contribution in [3.63, 3.8) is 0 Å². The molecule has 0 heterocycles. The third kappa shape index (κ3) is 11.9. The zero-order valence-electron chi connectivity index (χ0n) is 18.7. The van der Waals surface area contributed by atoms with Gasteiger partial charge in [0, 0.05) is 0 Å². The van der Waals surface area contributed by atoms with Crippen molar-refractivity contribution < 1.29 is 46.2 Å². The smallest absolute Gasteiger partial charge is 0.345 e. The first-order valence-corrected chi connectivity index (χ1v) is 10.4. The minimum atomic E-state index is -3.26. The van der Waals surface area contributed by atoms with Crippen molar-refractivity contribution in [3.8, 4) is 0 Å². The molecule has 192 valence electrons. The van der Waals surface area contributed by atoms with E-state index in [0.717, 1.165) is 0 Å². The first kappa shape index (κ1) is 29.3. The molecule has 1 aromatic carbocycles. The molecule has 34 heavy (non-hydrogen) atoms. The number of amides is 2. The summed E-state index contributed by atoms with van der Waals surface area (Å²) in [4.78, 5) is 37.3. The second kappa shape index (κ2) is 15.2. The van der Waals surface area contributed by atoms with E-state index in [4.69, 9.17) is 10.5 Å². The Morgan fingerprint density at radius 3 is 1.94 bits per heavy atom. The van der Waals surface area contributed by atoms with E-state index in [1.165, 1.54) is 0 Å². The number of alkyl halides is 4. The molecule has 0 aromatic heterocycles. The molecule has 2 amide bonds. The SMILES string of the molecule is CC(C)C[C@H](N)C(=O)N[C@@H](COC(F)F)C(=O)N[C@@H](COC(F)F)C(=O)OCc1ccccc1. The highest BCUT2D eigenvalue weighted by Crippen LogP contribution is 2.06. The van der Waals surface area contributed by atoms with Gasteiger partial charge in [0.2, 0.25) is 11.8 Å². The molecule has 0 spiro atoms. The quantitative estimate of drug-likeness (QED) is 0.249.